The van der Waals surface area contributed by atoms with Gasteiger partial charge in [-0.1, -0.05) is 0 Å². The fourth-order valence-electron chi connectivity index (χ4n) is 2.81. The predicted molar refractivity (Wildman–Crippen MR) is 66.5 cm³/mol. The number of amides is 1. The summed E-state index contributed by atoms with van der Waals surface area (Å²) in [6, 6.07) is 0.299. The number of ether oxygens (including phenoxy) is 1. The average Bonchev–Trinajstić information content (AvgIpc) is 2.30. The van der Waals surface area contributed by atoms with Gasteiger partial charge in [-0.15, -0.1) is 0 Å². The molecule has 3 N–H and O–H groups in total. The first-order valence-corrected chi connectivity index (χ1v) is 6.74. The molecular formula is C13H24N2O2. The van der Waals surface area contributed by atoms with E-state index >= 15 is 0 Å². The summed E-state index contributed by atoms with van der Waals surface area (Å²) in [4.78, 5) is 12.2. The number of rotatable bonds is 2. The van der Waals surface area contributed by atoms with Crippen molar-refractivity contribution in [2.24, 2.45) is 11.7 Å². The van der Waals surface area contributed by atoms with Crippen LogP contribution in [-0.4, -0.2) is 30.7 Å². The summed E-state index contributed by atoms with van der Waals surface area (Å²) in [6.45, 7) is 3.55. The first-order chi connectivity index (χ1) is 8.09. The highest BCUT2D eigenvalue weighted by Gasteiger charge is 2.32. The molecule has 1 saturated carbocycles. The third-order valence-electron chi connectivity index (χ3n) is 4.01. The molecule has 2 fully saturated rings. The first kappa shape index (κ1) is 12.8. The Morgan fingerprint density at radius 2 is 2.06 bits per heavy atom. The minimum absolute atomic E-state index is 0.158. The molecule has 1 amide bonds. The molecule has 1 aliphatic carbocycles. The van der Waals surface area contributed by atoms with E-state index in [2.05, 4.69) is 12.2 Å². The van der Waals surface area contributed by atoms with E-state index in [1.165, 1.54) is 0 Å². The second-order valence-corrected chi connectivity index (χ2v) is 5.82. The molecule has 4 heteroatoms. The van der Waals surface area contributed by atoms with Crippen molar-refractivity contribution < 1.29 is 9.53 Å². The van der Waals surface area contributed by atoms with Crippen LogP contribution in [0.2, 0.25) is 0 Å². The Kier molecular flexibility index (Phi) is 4.05. The number of hydrogen-bond donors (Lipinski definition) is 2. The van der Waals surface area contributed by atoms with E-state index in [1.54, 1.807) is 0 Å². The van der Waals surface area contributed by atoms with Crippen molar-refractivity contribution in [1.82, 2.24) is 5.32 Å². The summed E-state index contributed by atoms with van der Waals surface area (Å²) in [5.74, 6) is 0.360. The van der Waals surface area contributed by atoms with Gasteiger partial charge in [0.25, 0.3) is 0 Å². The van der Waals surface area contributed by atoms with Crippen molar-refractivity contribution in [2.45, 2.75) is 57.0 Å². The van der Waals surface area contributed by atoms with Crippen LogP contribution in [0.4, 0.5) is 0 Å². The molecule has 1 atom stereocenters. The zero-order valence-electron chi connectivity index (χ0n) is 10.7. The summed E-state index contributed by atoms with van der Waals surface area (Å²) in [6.07, 6.45) is 5.88. The van der Waals surface area contributed by atoms with Gasteiger partial charge in [0.15, 0.2) is 0 Å². The Balaban J connectivity index is 1.83. The Bertz CT molecular complexity index is 267. The van der Waals surface area contributed by atoms with Gasteiger partial charge in [-0.25, -0.2) is 0 Å². The van der Waals surface area contributed by atoms with E-state index in [-0.39, 0.29) is 17.4 Å². The number of nitrogens with one attached hydrogen (secondary N) is 1. The van der Waals surface area contributed by atoms with Gasteiger partial charge >= 0.3 is 0 Å². The van der Waals surface area contributed by atoms with Crippen LogP contribution in [-0.2, 0) is 9.53 Å². The zero-order chi connectivity index (χ0) is 12.3. The average molecular weight is 240 g/mol. The minimum atomic E-state index is -0.158. The van der Waals surface area contributed by atoms with Crippen molar-refractivity contribution in [2.75, 3.05) is 13.2 Å². The molecule has 0 radical (unpaired) electrons. The van der Waals surface area contributed by atoms with Gasteiger partial charge < -0.3 is 15.8 Å². The third-order valence-corrected chi connectivity index (χ3v) is 4.01. The van der Waals surface area contributed by atoms with Crippen molar-refractivity contribution in [3.05, 3.63) is 0 Å². The summed E-state index contributed by atoms with van der Waals surface area (Å²) in [5.41, 5.74) is 5.70. The Morgan fingerprint density at radius 3 is 2.65 bits per heavy atom. The van der Waals surface area contributed by atoms with Gasteiger partial charge in [0.1, 0.15) is 0 Å². The predicted octanol–water partition coefficient (Wildman–Crippen LogP) is 1.19. The fourth-order valence-corrected chi connectivity index (χ4v) is 2.81. The smallest absolute Gasteiger partial charge is 0.223 e. The Hall–Kier alpha value is -0.610. The summed E-state index contributed by atoms with van der Waals surface area (Å²) in [5, 5.41) is 3.18. The lowest BCUT2D eigenvalue weighted by atomic mass is 9.85. The van der Waals surface area contributed by atoms with E-state index in [4.69, 9.17) is 10.5 Å². The van der Waals surface area contributed by atoms with Crippen LogP contribution in [0.3, 0.4) is 0 Å². The maximum Gasteiger partial charge on any atom is 0.223 e. The van der Waals surface area contributed by atoms with Crippen LogP contribution in [0.1, 0.15) is 45.4 Å². The molecule has 1 unspecified atom stereocenters. The molecule has 0 aromatic carbocycles. The molecule has 1 saturated heterocycles. The first-order valence-electron chi connectivity index (χ1n) is 6.74. The third kappa shape index (κ3) is 3.42. The molecule has 17 heavy (non-hydrogen) atoms. The van der Waals surface area contributed by atoms with Gasteiger partial charge in [0.05, 0.1) is 12.1 Å². The topological polar surface area (TPSA) is 64.4 Å². The molecule has 1 aliphatic heterocycles. The van der Waals surface area contributed by atoms with Crippen molar-refractivity contribution in [1.29, 1.82) is 0 Å². The molecule has 4 nitrogen and oxygen atoms in total. The maximum absolute atomic E-state index is 12.2. The second-order valence-electron chi connectivity index (χ2n) is 5.82. The summed E-state index contributed by atoms with van der Waals surface area (Å²) >= 11 is 0. The lowest BCUT2D eigenvalue weighted by molar-refractivity contribution is -0.129. The highest BCUT2D eigenvalue weighted by Crippen LogP contribution is 2.25. The number of nitrogens with two attached hydrogens (primary N) is 1. The molecule has 0 aromatic heterocycles. The van der Waals surface area contributed by atoms with E-state index in [9.17, 15) is 4.79 Å². The zero-order valence-corrected chi connectivity index (χ0v) is 10.7. The molecule has 0 aromatic rings. The SMILES string of the molecule is CC1(NC(=O)C2CCC(N)CC2)CCCOC1. The monoisotopic (exact) mass is 240 g/mol. The molecule has 0 bridgehead atoms. The van der Waals surface area contributed by atoms with E-state index in [0.717, 1.165) is 45.1 Å². The van der Waals surface area contributed by atoms with Crippen LogP contribution in [0, 0.1) is 5.92 Å². The van der Waals surface area contributed by atoms with Crippen LogP contribution in [0.5, 0.6) is 0 Å². The number of carbonyl (C=O) groups excluding carboxylic acids is 1. The summed E-state index contributed by atoms with van der Waals surface area (Å²) in [7, 11) is 0. The van der Waals surface area contributed by atoms with E-state index in [1.807, 2.05) is 0 Å². The van der Waals surface area contributed by atoms with Crippen LogP contribution < -0.4 is 11.1 Å². The molecule has 98 valence electrons. The molecule has 0 spiro atoms. The fraction of sp³-hybridized carbons (Fsp3) is 0.923. The maximum atomic E-state index is 12.2. The standard InChI is InChI=1S/C13H24N2O2/c1-13(7-2-8-17-9-13)15-12(16)10-3-5-11(14)6-4-10/h10-11H,2-9,14H2,1H3,(H,15,16). The van der Waals surface area contributed by atoms with Gasteiger partial charge in [0.2, 0.25) is 5.91 Å². The molecule has 1 heterocycles. The number of hydrogen-bond acceptors (Lipinski definition) is 3. The van der Waals surface area contributed by atoms with Crippen LogP contribution in [0.25, 0.3) is 0 Å². The van der Waals surface area contributed by atoms with E-state index in [0.29, 0.717) is 12.6 Å². The van der Waals surface area contributed by atoms with Gasteiger partial charge in [0, 0.05) is 18.6 Å². The molecular weight excluding hydrogens is 216 g/mol. The van der Waals surface area contributed by atoms with E-state index < -0.39 is 0 Å². The summed E-state index contributed by atoms with van der Waals surface area (Å²) < 4.78 is 5.46. The normalized spacial score (nSPS) is 38.7. The Labute approximate surface area is 103 Å². The molecule has 2 aliphatic rings. The van der Waals surface area contributed by atoms with Crippen LogP contribution in [0.15, 0.2) is 0 Å². The van der Waals surface area contributed by atoms with Gasteiger partial charge in [-0.3, -0.25) is 4.79 Å². The second kappa shape index (κ2) is 5.36. The van der Waals surface area contributed by atoms with Crippen LogP contribution >= 0.6 is 0 Å². The molecule has 2 rings (SSSR count). The van der Waals surface area contributed by atoms with Gasteiger partial charge in [-0.05, 0) is 45.4 Å². The lowest BCUT2D eigenvalue weighted by Gasteiger charge is -2.36. The highest BCUT2D eigenvalue weighted by atomic mass is 16.5. The lowest BCUT2D eigenvalue weighted by Crippen LogP contribution is -2.53. The highest BCUT2D eigenvalue weighted by molar-refractivity contribution is 5.79. The minimum Gasteiger partial charge on any atom is -0.379 e. The Morgan fingerprint density at radius 1 is 1.35 bits per heavy atom. The van der Waals surface area contributed by atoms with Gasteiger partial charge in [-0.2, -0.15) is 0 Å². The van der Waals surface area contributed by atoms with Crippen molar-refractivity contribution >= 4 is 5.91 Å². The largest absolute Gasteiger partial charge is 0.379 e. The number of carbonyl (C=O) groups is 1. The quantitative estimate of drug-likeness (QED) is 0.762. The van der Waals surface area contributed by atoms with Crippen molar-refractivity contribution in [3.8, 4) is 0 Å². The van der Waals surface area contributed by atoms with Crippen molar-refractivity contribution in [3.63, 3.8) is 0 Å².